The Bertz CT molecular complexity index is 513. The Morgan fingerprint density at radius 1 is 1.25 bits per heavy atom. The summed E-state index contributed by atoms with van der Waals surface area (Å²) in [5, 5.41) is 12.5. The van der Waals surface area contributed by atoms with Crippen LogP contribution >= 0.6 is 11.6 Å². The maximum atomic E-state index is 11.9. The minimum atomic E-state index is -0.504. The zero-order chi connectivity index (χ0) is 14.5. The van der Waals surface area contributed by atoms with Crippen molar-refractivity contribution in [3.05, 3.63) is 28.8 Å². The predicted octanol–water partition coefficient (Wildman–Crippen LogP) is 1.79. The summed E-state index contributed by atoms with van der Waals surface area (Å²) in [5.74, 6) is -0.757. The van der Waals surface area contributed by atoms with E-state index in [4.69, 9.17) is 11.6 Å². The number of phenols is 1. The van der Waals surface area contributed by atoms with Crippen molar-refractivity contribution in [2.75, 3.05) is 19.6 Å². The molecule has 0 aliphatic carbocycles. The van der Waals surface area contributed by atoms with Crippen molar-refractivity contribution in [2.45, 2.75) is 19.3 Å². The molecule has 5 nitrogen and oxygen atoms in total. The summed E-state index contributed by atoms with van der Waals surface area (Å²) in [6.07, 6.45) is 3.16. The molecule has 0 saturated carbocycles. The fourth-order valence-electron chi connectivity index (χ4n) is 2.20. The normalized spacial score (nSPS) is 14.9. The highest BCUT2D eigenvalue weighted by Crippen LogP contribution is 2.21. The van der Waals surface area contributed by atoms with Crippen LogP contribution in [0.15, 0.2) is 18.2 Å². The summed E-state index contributed by atoms with van der Waals surface area (Å²) in [7, 11) is 0. The Morgan fingerprint density at radius 2 is 1.95 bits per heavy atom. The third kappa shape index (κ3) is 3.63. The van der Waals surface area contributed by atoms with Gasteiger partial charge in [-0.05, 0) is 37.5 Å². The van der Waals surface area contributed by atoms with Crippen LogP contribution < -0.4 is 5.32 Å². The van der Waals surface area contributed by atoms with Gasteiger partial charge in [0.15, 0.2) is 0 Å². The van der Waals surface area contributed by atoms with E-state index in [0.29, 0.717) is 5.02 Å². The lowest BCUT2D eigenvalue weighted by atomic mass is 10.1. The van der Waals surface area contributed by atoms with Gasteiger partial charge in [-0.3, -0.25) is 9.59 Å². The molecule has 0 aromatic heterocycles. The zero-order valence-electron chi connectivity index (χ0n) is 11.1. The van der Waals surface area contributed by atoms with E-state index in [1.54, 1.807) is 4.90 Å². The molecule has 1 aromatic rings. The van der Waals surface area contributed by atoms with Crippen LogP contribution in [-0.2, 0) is 4.79 Å². The van der Waals surface area contributed by atoms with Gasteiger partial charge >= 0.3 is 0 Å². The second-order valence-electron chi connectivity index (χ2n) is 4.79. The molecule has 1 fully saturated rings. The Kier molecular flexibility index (Phi) is 4.84. The number of nitrogens with zero attached hydrogens (tertiary/aromatic N) is 1. The van der Waals surface area contributed by atoms with E-state index in [0.717, 1.165) is 32.4 Å². The number of halogens is 1. The second-order valence-corrected chi connectivity index (χ2v) is 5.22. The number of amides is 2. The monoisotopic (exact) mass is 296 g/mol. The van der Waals surface area contributed by atoms with E-state index in [2.05, 4.69) is 5.32 Å². The second kappa shape index (κ2) is 6.61. The van der Waals surface area contributed by atoms with Gasteiger partial charge in [-0.25, -0.2) is 0 Å². The molecule has 0 radical (unpaired) electrons. The van der Waals surface area contributed by atoms with Gasteiger partial charge in [0.1, 0.15) is 5.75 Å². The summed E-state index contributed by atoms with van der Waals surface area (Å²) >= 11 is 5.78. The summed E-state index contributed by atoms with van der Waals surface area (Å²) in [6, 6.07) is 4.22. The molecule has 0 spiro atoms. The Balaban J connectivity index is 1.91. The molecule has 0 atom stereocenters. The van der Waals surface area contributed by atoms with Gasteiger partial charge in [0.2, 0.25) is 5.91 Å². The number of piperidine rings is 1. The molecule has 1 heterocycles. The number of likely N-dealkylation sites (tertiary alicyclic amines) is 1. The number of benzene rings is 1. The third-order valence-electron chi connectivity index (χ3n) is 3.31. The highest BCUT2D eigenvalue weighted by atomic mass is 35.5. The van der Waals surface area contributed by atoms with Crippen LogP contribution in [-0.4, -0.2) is 41.5 Å². The largest absolute Gasteiger partial charge is 0.507 e. The SMILES string of the molecule is O=C(NCC(=O)N1CCCCC1)c1cc(Cl)ccc1O. The van der Waals surface area contributed by atoms with Crippen LogP contribution in [0, 0.1) is 0 Å². The van der Waals surface area contributed by atoms with Gasteiger partial charge in [0.05, 0.1) is 12.1 Å². The molecule has 2 amide bonds. The number of hydrogen-bond acceptors (Lipinski definition) is 3. The van der Waals surface area contributed by atoms with Crippen LogP contribution in [0.3, 0.4) is 0 Å². The molecular weight excluding hydrogens is 280 g/mol. The van der Waals surface area contributed by atoms with E-state index >= 15 is 0 Å². The first kappa shape index (κ1) is 14.7. The summed E-state index contributed by atoms with van der Waals surface area (Å²) in [5.41, 5.74) is 0.0731. The molecule has 2 rings (SSSR count). The lowest BCUT2D eigenvalue weighted by Crippen LogP contribution is -2.42. The molecule has 0 unspecified atom stereocenters. The van der Waals surface area contributed by atoms with Crippen molar-refractivity contribution < 1.29 is 14.7 Å². The van der Waals surface area contributed by atoms with Gasteiger partial charge in [0.25, 0.3) is 5.91 Å². The van der Waals surface area contributed by atoms with Gasteiger partial charge in [-0.15, -0.1) is 0 Å². The van der Waals surface area contributed by atoms with Crippen LogP contribution in [0.4, 0.5) is 0 Å². The Hall–Kier alpha value is -1.75. The minimum Gasteiger partial charge on any atom is -0.507 e. The number of aromatic hydroxyl groups is 1. The highest BCUT2D eigenvalue weighted by molar-refractivity contribution is 6.31. The van der Waals surface area contributed by atoms with Crippen LogP contribution in [0.1, 0.15) is 29.6 Å². The van der Waals surface area contributed by atoms with E-state index in [1.165, 1.54) is 18.2 Å². The van der Waals surface area contributed by atoms with Gasteiger partial charge in [-0.1, -0.05) is 11.6 Å². The first-order chi connectivity index (χ1) is 9.58. The van der Waals surface area contributed by atoms with E-state index in [9.17, 15) is 14.7 Å². The number of carbonyl (C=O) groups excluding carboxylic acids is 2. The van der Waals surface area contributed by atoms with E-state index in [-0.39, 0.29) is 23.8 Å². The number of phenolic OH excluding ortho intramolecular Hbond substituents is 1. The predicted molar refractivity (Wildman–Crippen MR) is 75.9 cm³/mol. The highest BCUT2D eigenvalue weighted by Gasteiger charge is 2.18. The van der Waals surface area contributed by atoms with Crippen LogP contribution in [0.5, 0.6) is 5.75 Å². The number of nitrogens with one attached hydrogen (secondary N) is 1. The Morgan fingerprint density at radius 3 is 2.65 bits per heavy atom. The standard InChI is InChI=1S/C14H17ClN2O3/c15-10-4-5-12(18)11(8-10)14(20)16-9-13(19)17-6-2-1-3-7-17/h4-5,8,18H,1-3,6-7,9H2,(H,16,20). The molecule has 1 saturated heterocycles. The fourth-order valence-corrected chi connectivity index (χ4v) is 2.37. The van der Waals surface area contributed by atoms with E-state index in [1.807, 2.05) is 0 Å². The lowest BCUT2D eigenvalue weighted by molar-refractivity contribution is -0.130. The third-order valence-corrected chi connectivity index (χ3v) is 3.55. The summed E-state index contributed by atoms with van der Waals surface area (Å²) in [4.78, 5) is 25.6. The van der Waals surface area contributed by atoms with Gasteiger partial charge < -0.3 is 15.3 Å². The molecule has 108 valence electrons. The molecular formula is C14H17ClN2O3. The van der Waals surface area contributed by atoms with Crippen molar-refractivity contribution in [1.29, 1.82) is 0 Å². The van der Waals surface area contributed by atoms with E-state index < -0.39 is 5.91 Å². The maximum Gasteiger partial charge on any atom is 0.255 e. The zero-order valence-corrected chi connectivity index (χ0v) is 11.8. The molecule has 2 N–H and O–H groups in total. The van der Waals surface area contributed by atoms with Crippen molar-refractivity contribution in [3.8, 4) is 5.75 Å². The lowest BCUT2D eigenvalue weighted by Gasteiger charge is -2.26. The number of hydrogen-bond donors (Lipinski definition) is 2. The smallest absolute Gasteiger partial charge is 0.255 e. The molecule has 1 aromatic carbocycles. The number of rotatable bonds is 3. The first-order valence-electron chi connectivity index (χ1n) is 6.62. The Labute approximate surface area is 122 Å². The molecule has 6 heteroatoms. The average molecular weight is 297 g/mol. The van der Waals surface area contributed by atoms with Crippen LogP contribution in [0.2, 0.25) is 5.02 Å². The fraction of sp³-hybridized carbons (Fsp3) is 0.429. The topological polar surface area (TPSA) is 69.6 Å². The molecule has 1 aliphatic heterocycles. The van der Waals surface area contributed by atoms with Crippen LogP contribution in [0.25, 0.3) is 0 Å². The first-order valence-corrected chi connectivity index (χ1v) is 7.00. The van der Waals surface area contributed by atoms with Crippen molar-refractivity contribution in [1.82, 2.24) is 10.2 Å². The van der Waals surface area contributed by atoms with Gasteiger partial charge in [-0.2, -0.15) is 0 Å². The summed E-state index contributed by atoms with van der Waals surface area (Å²) < 4.78 is 0. The maximum absolute atomic E-state index is 11.9. The van der Waals surface area contributed by atoms with Crippen molar-refractivity contribution in [2.24, 2.45) is 0 Å². The minimum absolute atomic E-state index is 0.0647. The van der Waals surface area contributed by atoms with Gasteiger partial charge in [0, 0.05) is 18.1 Å². The average Bonchev–Trinajstić information content (AvgIpc) is 2.47. The quantitative estimate of drug-likeness (QED) is 0.893. The van der Waals surface area contributed by atoms with Crippen molar-refractivity contribution >= 4 is 23.4 Å². The summed E-state index contributed by atoms with van der Waals surface area (Å²) in [6.45, 7) is 1.43. The van der Waals surface area contributed by atoms with Crippen molar-refractivity contribution in [3.63, 3.8) is 0 Å². The molecule has 20 heavy (non-hydrogen) atoms. The number of carbonyl (C=O) groups is 2. The molecule has 0 bridgehead atoms. The molecule has 1 aliphatic rings.